The summed E-state index contributed by atoms with van der Waals surface area (Å²) in [5.41, 5.74) is 1.37. The van der Waals surface area contributed by atoms with Crippen molar-refractivity contribution in [3.63, 3.8) is 0 Å². The number of aromatic nitrogens is 3. The Labute approximate surface area is 81.8 Å². The van der Waals surface area contributed by atoms with Crippen LogP contribution < -0.4 is 0 Å². The van der Waals surface area contributed by atoms with Gasteiger partial charge in [-0.15, -0.1) is 0 Å². The van der Waals surface area contributed by atoms with Crippen LogP contribution in [0.4, 0.5) is 0 Å². The Morgan fingerprint density at radius 2 is 2.14 bits per heavy atom. The molecule has 0 bridgehead atoms. The van der Waals surface area contributed by atoms with E-state index in [-0.39, 0.29) is 0 Å². The average molecular weight is 189 g/mol. The highest BCUT2D eigenvalue weighted by Gasteiger charge is 2.14. The highest BCUT2D eigenvalue weighted by molar-refractivity contribution is 5.18. The molecule has 0 aromatic carbocycles. The van der Waals surface area contributed by atoms with E-state index in [2.05, 4.69) is 10.1 Å². The predicted octanol–water partition coefficient (Wildman–Crippen LogP) is 0.897. The molecule has 1 N–H and O–H groups in total. The summed E-state index contributed by atoms with van der Waals surface area (Å²) in [4.78, 5) is 4.08. The molecule has 0 saturated carbocycles. The SMILES string of the molecule is Cn1nccc1[C@H](O)c1ccccn1. The third kappa shape index (κ3) is 1.52. The Hall–Kier alpha value is -1.68. The number of aliphatic hydroxyl groups is 1. The van der Waals surface area contributed by atoms with Crippen molar-refractivity contribution in [2.75, 3.05) is 0 Å². The van der Waals surface area contributed by atoms with Gasteiger partial charge in [0.1, 0.15) is 6.10 Å². The first-order valence-electron chi connectivity index (χ1n) is 4.36. The summed E-state index contributed by atoms with van der Waals surface area (Å²) >= 11 is 0. The van der Waals surface area contributed by atoms with Gasteiger partial charge in [0.25, 0.3) is 0 Å². The first kappa shape index (κ1) is 8.90. The van der Waals surface area contributed by atoms with Gasteiger partial charge in [-0.05, 0) is 18.2 Å². The van der Waals surface area contributed by atoms with E-state index in [0.29, 0.717) is 5.69 Å². The molecule has 2 aromatic rings. The number of nitrogens with zero attached hydrogens (tertiary/aromatic N) is 3. The Morgan fingerprint density at radius 1 is 1.29 bits per heavy atom. The van der Waals surface area contributed by atoms with Gasteiger partial charge in [0, 0.05) is 19.4 Å². The van der Waals surface area contributed by atoms with Crippen molar-refractivity contribution in [3.8, 4) is 0 Å². The second-order valence-electron chi connectivity index (χ2n) is 3.04. The summed E-state index contributed by atoms with van der Waals surface area (Å²) in [5.74, 6) is 0. The average Bonchev–Trinajstić information content (AvgIpc) is 2.65. The van der Waals surface area contributed by atoms with Crippen LogP contribution in [0.3, 0.4) is 0 Å². The van der Waals surface area contributed by atoms with Crippen LogP contribution in [0.5, 0.6) is 0 Å². The molecule has 0 aliphatic heterocycles. The largest absolute Gasteiger partial charge is 0.380 e. The molecule has 2 rings (SSSR count). The van der Waals surface area contributed by atoms with E-state index in [0.717, 1.165) is 5.69 Å². The third-order valence-electron chi connectivity index (χ3n) is 2.11. The predicted molar refractivity (Wildman–Crippen MR) is 51.5 cm³/mol. The lowest BCUT2D eigenvalue weighted by Crippen LogP contribution is -2.07. The lowest BCUT2D eigenvalue weighted by Gasteiger charge is -2.09. The molecule has 0 aliphatic carbocycles. The fraction of sp³-hybridized carbons (Fsp3) is 0.200. The minimum Gasteiger partial charge on any atom is -0.380 e. The zero-order valence-electron chi connectivity index (χ0n) is 7.83. The molecule has 1 atom stereocenters. The molecule has 0 unspecified atom stereocenters. The van der Waals surface area contributed by atoms with Crippen molar-refractivity contribution in [1.82, 2.24) is 14.8 Å². The quantitative estimate of drug-likeness (QED) is 0.763. The number of hydrogen-bond acceptors (Lipinski definition) is 3. The van der Waals surface area contributed by atoms with E-state index < -0.39 is 6.10 Å². The minimum atomic E-state index is -0.705. The fourth-order valence-electron chi connectivity index (χ4n) is 1.34. The Kier molecular flexibility index (Phi) is 2.28. The Balaban J connectivity index is 2.34. The first-order chi connectivity index (χ1) is 6.79. The molecule has 2 aromatic heterocycles. The molecule has 4 heteroatoms. The third-order valence-corrected chi connectivity index (χ3v) is 2.11. The number of pyridine rings is 1. The Morgan fingerprint density at radius 3 is 2.71 bits per heavy atom. The highest BCUT2D eigenvalue weighted by atomic mass is 16.3. The van der Waals surface area contributed by atoms with E-state index in [1.807, 2.05) is 12.1 Å². The van der Waals surface area contributed by atoms with Crippen LogP contribution >= 0.6 is 0 Å². The Bertz CT molecular complexity index is 410. The summed E-state index contributed by atoms with van der Waals surface area (Å²) in [6.07, 6.45) is 2.61. The fourth-order valence-corrected chi connectivity index (χ4v) is 1.34. The number of aryl methyl sites for hydroxylation is 1. The van der Waals surface area contributed by atoms with Crippen molar-refractivity contribution >= 4 is 0 Å². The normalized spacial score (nSPS) is 12.7. The molecule has 4 nitrogen and oxygen atoms in total. The molecule has 0 fully saturated rings. The zero-order valence-corrected chi connectivity index (χ0v) is 7.83. The van der Waals surface area contributed by atoms with Gasteiger partial charge in [0.2, 0.25) is 0 Å². The minimum absolute atomic E-state index is 0.635. The maximum Gasteiger partial charge on any atom is 0.137 e. The van der Waals surface area contributed by atoms with Crippen LogP contribution in [0.2, 0.25) is 0 Å². The molecule has 2 heterocycles. The molecule has 14 heavy (non-hydrogen) atoms. The smallest absolute Gasteiger partial charge is 0.137 e. The number of hydrogen-bond donors (Lipinski definition) is 1. The second kappa shape index (κ2) is 3.59. The molecule has 72 valence electrons. The van der Waals surface area contributed by atoms with E-state index in [1.165, 1.54) is 0 Å². The van der Waals surface area contributed by atoms with Gasteiger partial charge in [-0.2, -0.15) is 5.10 Å². The molecule has 0 saturated heterocycles. The van der Waals surface area contributed by atoms with Crippen molar-refractivity contribution < 1.29 is 5.11 Å². The van der Waals surface area contributed by atoms with E-state index in [1.54, 1.807) is 36.3 Å². The standard InChI is InChI=1S/C10H11N3O/c1-13-9(5-7-12-13)10(14)8-4-2-3-6-11-8/h2-7,10,14H,1H3/t10-/m1/s1. The van der Waals surface area contributed by atoms with Crippen LogP contribution in [-0.4, -0.2) is 19.9 Å². The topological polar surface area (TPSA) is 50.9 Å². The number of aliphatic hydroxyl groups excluding tert-OH is 1. The maximum absolute atomic E-state index is 9.94. The van der Waals surface area contributed by atoms with E-state index >= 15 is 0 Å². The number of rotatable bonds is 2. The second-order valence-corrected chi connectivity index (χ2v) is 3.04. The van der Waals surface area contributed by atoms with E-state index in [4.69, 9.17) is 0 Å². The van der Waals surface area contributed by atoms with Crippen LogP contribution in [0.25, 0.3) is 0 Å². The monoisotopic (exact) mass is 189 g/mol. The van der Waals surface area contributed by atoms with Gasteiger partial charge in [-0.3, -0.25) is 9.67 Å². The van der Waals surface area contributed by atoms with Crippen molar-refractivity contribution in [3.05, 3.63) is 48.0 Å². The zero-order chi connectivity index (χ0) is 9.97. The molecule has 0 spiro atoms. The van der Waals surface area contributed by atoms with Crippen LogP contribution in [-0.2, 0) is 7.05 Å². The van der Waals surface area contributed by atoms with Crippen LogP contribution in [0.1, 0.15) is 17.5 Å². The van der Waals surface area contributed by atoms with Gasteiger partial charge in [0.05, 0.1) is 11.4 Å². The first-order valence-corrected chi connectivity index (χ1v) is 4.36. The molecule has 0 radical (unpaired) electrons. The van der Waals surface area contributed by atoms with Gasteiger partial charge in [-0.25, -0.2) is 0 Å². The highest BCUT2D eigenvalue weighted by Crippen LogP contribution is 2.18. The summed E-state index contributed by atoms with van der Waals surface area (Å²) in [5, 5.41) is 13.9. The van der Waals surface area contributed by atoms with E-state index in [9.17, 15) is 5.11 Å². The molecule has 0 aliphatic rings. The van der Waals surface area contributed by atoms with Gasteiger partial charge in [-0.1, -0.05) is 6.07 Å². The van der Waals surface area contributed by atoms with Crippen LogP contribution in [0, 0.1) is 0 Å². The molecular weight excluding hydrogens is 178 g/mol. The summed E-state index contributed by atoms with van der Waals surface area (Å²) in [7, 11) is 1.79. The summed E-state index contributed by atoms with van der Waals surface area (Å²) in [6.45, 7) is 0. The lowest BCUT2D eigenvalue weighted by atomic mass is 10.2. The molecule has 0 amide bonds. The summed E-state index contributed by atoms with van der Waals surface area (Å²) in [6, 6.07) is 7.23. The maximum atomic E-state index is 9.94. The van der Waals surface area contributed by atoms with Crippen LogP contribution in [0.15, 0.2) is 36.7 Å². The summed E-state index contributed by atoms with van der Waals surface area (Å²) < 4.78 is 1.64. The van der Waals surface area contributed by atoms with Gasteiger partial charge in [0.15, 0.2) is 0 Å². The van der Waals surface area contributed by atoms with Crippen molar-refractivity contribution in [1.29, 1.82) is 0 Å². The van der Waals surface area contributed by atoms with Crippen molar-refractivity contribution in [2.45, 2.75) is 6.10 Å². The molecular formula is C10H11N3O. The van der Waals surface area contributed by atoms with Crippen molar-refractivity contribution in [2.24, 2.45) is 7.05 Å². The lowest BCUT2D eigenvalue weighted by molar-refractivity contribution is 0.205. The van der Waals surface area contributed by atoms with Gasteiger partial charge < -0.3 is 5.11 Å². The van der Waals surface area contributed by atoms with Gasteiger partial charge >= 0.3 is 0 Å².